The predicted octanol–water partition coefficient (Wildman–Crippen LogP) is -1.25. The van der Waals surface area contributed by atoms with E-state index in [-0.39, 0.29) is 40.9 Å². The van der Waals surface area contributed by atoms with Crippen LogP contribution in [0, 0.1) is 0 Å². The normalized spacial score (nSPS) is 11.9. The number of allylic oxidation sites excluding steroid dienone is 2. The van der Waals surface area contributed by atoms with Crippen LogP contribution in [-0.2, 0) is 0 Å². The molecule has 0 spiro atoms. The molecule has 0 aromatic heterocycles. The Kier molecular flexibility index (Phi) is 6.80. The van der Waals surface area contributed by atoms with Gasteiger partial charge in [0.05, 0.1) is 11.3 Å². The molecule has 0 fully saturated rings. The summed E-state index contributed by atoms with van der Waals surface area (Å²) in [5, 5.41) is 19.5. The van der Waals surface area contributed by atoms with Gasteiger partial charge in [0, 0.05) is 5.71 Å². The fourth-order valence-electron chi connectivity index (χ4n) is 1.21. The molecule has 0 saturated carbocycles. The van der Waals surface area contributed by atoms with Gasteiger partial charge in [-0.3, -0.25) is 4.99 Å². The second-order valence-electron chi connectivity index (χ2n) is 3.36. The van der Waals surface area contributed by atoms with E-state index in [1.54, 1.807) is 19.1 Å². The number of benzene rings is 1. The third-order valence-electron chi connectivity index (χ3n) is 1.83. The molecule has 0 amide bonds. The Morgan fingerprint density at radius 1 is 1.29 bits per heavy atom. The molecule has 0 bridgehead atoms. The summed E-state index contributed by atoms with van der Waals surface area (Å²) in [5.41, 5.74) is 1.43. The Morgan fingerprint density at radius 3 is 2.24 bits per heavy atom. The maximum absolute atomic E-state index is 10.8. The molecule has 1 aromatic carbocycles. The molecule has 17 heavy (non-hydrogen) atoms. The number of carboxylic acids is 1. The molecule has 0 aliphatic heterocycles. The van der Waals surface area contributed by atoms with Crippen LogP contribution in [0.15, 0.2) is 41.1 Å². The molecular weight excluding hydrogens is 229 g/mol. The van der Waals surface area contributed by atoms with Gasteiger partial charge in [0.25, 0.3) is 0 Å². The van der Waals surface area contributed by atoms with Gasteiger partial charge in [0.2, 0.25) is 0 Å². The van der Waals surface area contributed by atoms with E-state index in [0.29, 0.717) is 11.4 Å². The van der Waals surface area contributed by atoms with E-state index in [9.17, 15) is 9.90 Å². The van der Waals surface area contributed by atoms with Crippen LogP contribution in [-0.4, -0.2) is 16.8 Å². The number of aromatic carboxylic acids is 1. The Labute approximate surface area is 122 Å². The quantitative estimate of drug-likeness (QED) is 0.408. The summed E-state index contributed by atoms with van der Waals surface area (Å²) in [6, 6.07) is 6.15. The van der Waals surface area contributed by atoms with Gasteiger partial charge >= 0.3 is 35.5 Å². The van der Waals surface area contributed by atoms with E-state index in [1.165, 1.54) is 25.1 Å². The van der Waals surface area contributed by atoms with Gasteiger partial charge in [0.15, 0.2) is 0 Å². The number of rotatable bonds is 3. The number of carboxylic acid groups (broad SMARTS) is 1. The summed E-state index contributed by atoms with van der Waals surface area (Å²) < 4.78 is 0. The molecule has 0 unspecified atom stereocenters. The predicted molar refractivity (Wildman–Crippen MR) is 59.9 cm³/mol. The zero-order chi connectivity index (χ0) is 12.1. The van der Waals surface area contributed by atoms with Crippen LogP contribution in [0.5, 0.6) is 0 Å². The van der Waals surface area contributed by atoms with Gasteiger partial charge in [-0.2, -0.15) is 0 Å². The Hall–Kier alpha value is -1.10. The van der Waals surface area contributed by atoms with Gasteiger partial charge in [-0.05, 0) is 31.2 Å². The van der Waals surface area contributed by atoms with E-state index in [0.717, 1.165) is 0 Å². The van der Waals surface area contributed by atoms with Gasteiger partial charge in [-0.25, -0.2) is 4.79 Å². The minimum absolute atomic E-state index is 0. The van der Waals surface area contributed by atoms with Crippen LogP contribution in [0.25, 0.3) is 0 Å². The largest absolute Gasteiger partial charge is 1.00 e. The summed E-state index contributed by atoms with van der Waals surface area (Å²) in [6.07, 6.45) is 1.42. The van der Waals surface area contributed by atoms with Crippen LogP contribution in [0.1, 0.15) is 24.2 Å². The molecule has 1 rings (SSSR count). The first-order valence-electron chi connectivity index (χ1n) is 4.73. The molecule has 4 nitrogen and oxygen atoms in total. The van der Waals surface area contributed by atoms with Crippen LogP contribution in [0.3, 0.4) is 0 Å². The molecule has 1 N–H and O–H groups in total. The second kappa shape index (κ2) is 7.27. The van der Waals surface area contributed by atoms with E-state index >= 15 is 0 Å². The molecule has 0 aliphatic rings. The topological polar surface area (TPSA) is 72.7 Å². The summed E-state index contributed by atoms with van der Waals surface area (Å²) >= 11 is 0. The van der Waals surface area contributed by atoms with Crippen LogP contribution >= 0.6 is 0 Å². The molecule has 0 heterocycles. The van der Waals surface area contributed by atoms with E-state index in [4.69, 9.17) is 5.11 Å². The van der Waals surface area contributed by atoms with Crippen molar-refractivity contribution in [1.29, 1.82) is 0 Å². The van der Waals surface area contributed by atoms with Crippen LogP contribution in [0.4, 0.5) is 5.69 Å². The maximum atomic E-state index is 10.8. The Morgan fingerprint density at radius 2 is 1.82 bits per heavy atom. The SMILES string of the molecule is CC(/C=C(\C)[O-])=Nc1ccc(C(=O)O)cc1.[Na+]. The first-order valence-corrected chi connectivity index (χ1v) is 4.73. The van der Waals surface area contributed by atoms with Crippen molar-refractivity contribution < 1.29 is 44.6 Å². The summed E-state index contributed by atoms with van der Waals surface area (Å²) in [7, 11) is 0. The number of nitrogens with zero attached hydrogens (tertiary/aromatic N) is 1. The molecule has 1 aromatic rings. The van der Waals surface area contributed by atoms with Crippen molar-refractivity contribution in [2.45, 2.75) is 13.8 Å². The van der Waals surface area contributed by atoms with Crippen LogP contribution in [0.2, 0.25) is 0 Å². The molecule has 84 valence electrons. The van der Waals surface area contributed by atoms with Crippen molar-refractivity contribution in [2.24, 2.45) is 4.99 Å². The molecule has 0 aliphatic carbocycles. The molecule has 0 radical (unpaired) electrons. The zero-order valence-electron chi connectivity index (χ0n) is 10.1. The molecule has 0 saturated heterocycles. The van der Waals surface area contributed by atoms with Crippen molar-refractivity contribution in [1.82, 2.24) is 0 Å². The Bertz CT molecular complexity index is 445. The first kappa shape index (κ1) is 15.9. The molecular formula is C12H12NNaO3. The number of aliphatic imine (C=N–C) groups is 1. The monoisotopic (exact) mass is 241 g/mol. The van der Waals surface area contributed by atoms with E-state index in [2.05, 4.69) is 4.99 Å². The number of carbonyl (C=O) groups is 1. The van der Waals surface area contributed by atoms with Crippen molar-refractivity contribution in [2.75, 3.05) is 0 Å². The standard InChI is InChI=1S/C12H13NO3.Na/c1-8(7-9(2)14)13-11-5-3-10(4-6-11)12(15)16;/h3-7,14H,1-2H3,(H,15,16);/q;+1/p-1/b9-7+,13-8?;. The third kappa shape index (κ3) is 5.68. The van der Waals surface area contributed by atoms with Gasteiger partial charge in [-0.15, -0.1) is 5.76 Å². The maximum Gasteiger partial charge on any atom is 1.00 e. The number of hydrogen-bond donors (Lipinski definition) is 1. The first-order chi connectivity index (χ1) is 7.49. The minimum Gasteiger partial charge on any atom is -0.876 e. The third-order valence-corrected chi connectivity index (χ3v) is 1.83. The molecule has 5 heteroatoms. The van der Waals surface area contributed by atoms with Gasteiger partial charge < -0.3 is 10.2 Å². The van der Waals surface area contributed by atoms with Crippen molar-refractivity contribution in [3.05, 3.63) is 41.7 Å². The number of hydrogen-bond acceptors (Lipinski definition) is 3. The summed E-state index contributed by atoms with van der Waals surface area (Å²) in [5.74, 6) is -1.04. The fraction of sp³-hybridized carbons (Fsp3) is 0.167. The molecule has 0 atom stereocenters. The van der Waals surface area contributed by atoms with Gasteiger partial charge in [-0.1, -0.05) is 13.0 Å². The fourth-order valence-corrected chi connectivity index (χ4v) is 1.21. The second-order valence-corrected chi connectivity index (χ2v) is 3.36. The zero-order valence-corrected chi connectivity index (χ0v) is 12.1. The smallest absolute Gasteiger partial charge is 0.876 e. The average Bonchev–Trinajstić information content (AvgIpc) is 2.16. The van der Waals surface area contributed by atoms with Crippen molar-refractivity contribution in [3.8, 4) is 0 Å². The van der Waals surface area contributed by atoms with E-state index in [1.807, 2.05) is 0 Å². The van der Waals surface area contributed by atoms with Crippen molar-refractivity contribution in [3.63, 3.8) is 0 Å². The Balaban J connectivity index is 0.00000256. The van der Waals surface area contributed by atoms with Crippen molar-refractivity contribution >= 4 is 17.4 Å². The van der Waals surface area contributed by atoms with Crippen LogP contribution < -0.4 is 34.7 Å². The summed E-state index contributed by atoms with van der Waals surface area (Å²) in [4.78, 5) is 14.7. The average molecular weight is 241 g/mol. The van der Waals surface area contributed by atoms with Gasteiger partial charge in [0.1, 0.15) is 0 Å². The minimum atomic E-state index is -0.970. The summed E-state index contributed by atoms with van der Waals surface area (Å²) in [6.45, 7) is 3.17. The van der Waals surface area contributed by atoms with E-state index < -0.39 is 5.97 Å².